The number of fused-ring (bicyclic) bond motifs is 3. The SMILES string of the molecule is COc1ccc(OC)c2c1c(OC)cc1c(=O)cc(-c3cccc(N4CCOCC4)c3)oc12. The largest absolute Gasteiger partial charge is 0.496 e. The molecule has 1 aliphatic rings. The van der Waals surface area contributed by atoms with E-state index in [4.69, 9.17) is 23.4 Å². The molecular formula is C26H25NO6. The van der Waals surface area contributed by atoms with Crippen LogP contribution in [0.3, 0.4) is 0 Å². The van der Waals surface area contributed by atoms with Crippen LogP contribution in [0, 0.1) is 0 Å². The van der Waals surface area contributed by atoms with Crippen LogP contribution in [0.15, 0.2) is 57.7 Å². The van der Waals surface area contributed by atoms with Crippen molar-refractivity contribution in [3.05, 3.63) is 58.8 Å². The second kappa shape index (κ2) is 8.67. The second-order valence-corrected chi connectivity index (χ2v) is 7.80. The van der Waals surface area contributed by atoms with Gasteiger partial charge in [-0.1, -0.05) is 12.1 Å². The van der Waals surface area contributed by atoms with E-state index in [1.54, 1.807) is 33.5 Å². The van der Waals surface area contributed by atoms with E-state index >= 15 is 0 Å². The number of nitrogens with zero attached hydrogens (tertiary/aromatic N) is 1. The van der Waals surface area contributed by atoms with Gasteiger partial charge in [0.25, 0.3) is 0 Å². The number of rotatable bonds is 5. The van der Waals surface area contributed by atoms with Gasteiger partial charge in [0.15, 0.2) is 11.0 Å². The van der Waals surface area contributed by atoms with Gasteiger partial charge in [-0.25, -0.2) is 0 Å². The maximum absolute atomic E-state index is 13.2. The van der Waals surface area contributed by atoms with Crippen LogP contribution in [0.4, 0.5) is 5.69 Å². The Morgan fingerprint density at radius 2 is 1.52 bits per heavy atom. The minimum Gasteiger partial charge on any atom is -0.496 e. The van der Waals surface area contributed by atoms with Crippen molar-refractivity contribution in [2.45, 2.75) is 0 Å². The predicted molar refractivity (Wildman–Crippen MR) is 128 cm³/mol. The van der Waals surface area contributed by atoms with E-state index < -0.39 is 0 Å². The first-order chi connectivity index (χ1) is 16.1. The predicted octanol–water partition coefficient (Wildman–Crippen LogP) is 4.48. The molecule has 1 aromatic heterocycles. The molecule has 3 aromatic carbocycles. The molecule has 33 heavy (non-hydrogen) atoms. The molecule has 0 amide bonds. The van der Waals surface area contributed by atoms with Gasteiger partial charge in [0.1, 0.15) is 23.0 Å². The van der Waals surface area contributed by atoms with Gasteiger partial charge in [-0.3, -0.25) is 4.79 Å². The highest BCUT2D eigenvalue weighted by atomic mass is 16.5. The number of ether oxygens (including phenoxy) is 4. The summed E-state index contributed by atoms with van der Waals surface area (Å²) < 4.78 is 28.7. The Morgan fingerprint density at radius 1 is 0.818 bits per heavy atom. The zero-order chi connectivity index (χ0) is 22.9. The van der Waals surface area contributed by atoms with Gasteiger partial charge in [-0.05, 0) is 30.3 Å². The molecule has 0 bridgehead atoms. The van der Waals surface area contributed by atoms with E-state index in [1.165, 1.54) is 6.07 Å². The molecular weight excluding hydrogens is 422 g/mol. The lowest BCUT2D eigenvalue weighted by Gasteiger charge is -2.29. The molecule has 0 aliphatic carbocycles. The summed E-state index contributed by atoms with van der Waals surface area (Å²) in [6, 6.07) is 14.8. The summed E-state index contributed by atoms with van der Waals surface area (Å²) >= 11 is 0. The van der Waals surface area contributed by atoms with Crippen LogP contribution < -0.4 is 24.5 Å². The molecule has 1 fully saturated rings. The number of hydrogen-bond acceptors (Lipinski definition) is 7. The summed E-state index contributed by atoms with van der Waals surface area (Å²) in [4.78, 5) is 15.5. The number of anilines is 1. The molecule has 7 nitrogen and oxygen atoms in total. The monoisotopic (exact) mass is 447 g/mol. The van der Waals surface area contributed by atoms with Crippen LogP contribution in [-0.4, -0.2) is 47.6 Å². The highest BCUT2D eigenvalue weighted by molar-refractivity contribution is 6.13. The average molecular weight is 447 g/mol. The number of hydrogen-bond donors (Lipinski definition) is 0. The minimum absolute atomic E-state index is 0.159. The van der Waals surface area contributed by atoms with E-state index in [1.807, 2.05) is 24.3 Å². The van der Waals surface area contributed by atoms with Crippen LogP contribution in [0.5, 0.6) is 17.2 Å². The molecule has 0 unspecified atom stereocenters. The van der Waals surface area contributed by atoms with Crippen molar-refractivity contribution in [3.8, 4) is 28.6 Å². The Kier molecular flexibility index (Phi) is 5.56. The maximum atomic E-state index is 13.2. The third-order valence-electron chi connectivity index (χ3n) is 6.03. The molecule has 1 saturated heterocycles. The molecule has 0 saturated carbocycles. The number of benzene rings is 3. The molecule has 5 rings (SSSR count). The van der Waals surface area contributed by atoms with Crippen molar-refractivity contribution in [1.29, 1.82) is 0 Å². The minimum atomic E-state index is -0.159. The van der Waals surface area contributed by atoms with Crippen molar-refractivity contribution >= 4 is 27.4 Å². The van der Waals surface area contributed by atoms with Gasteiger partial charge in [0.2, 0.25) is 0 Å². The summed E-state index contributed by atoms with van der Waals surface area (Å²) in [6.45, 7) is 3.05. The molecule has 0 spiro atoms. The molecule has 7 heteroatoms. The molecule has 0 atom stereocenters. The van der Waals surface area contributed by atoms with E-state index in [-0.39, 0.29) is 5.43 Å². The van der Waals surface area contributed by atoms with Crippen LogP contribution in [0.1, 0.15) is 0 Å². The molecule has 0 N–H and O–H groups in total. The van der Waals surface area contributed by atoms with Gasteiger partial charge in [0.05, 0.1) is 50.7 Å². The number of morpholine rings is 1. The first kappa shape index (κ1) is 21.2. The molecule has 1 aliphatic heterocycles. The topological polar surface area (TPSA) is 70.4 Å². The third kappa shape index (κ3) is 3.64. The lowest BCUT2D eigenvalue weighted by Crippen LogP contribution is -2.36. The highest BCUT2D eigenvalue weighted by Gasteiger charge is 2.21. The average Bonchev–Trinajstić information content (AvgIpc) is 2.88. The fourth-order valence-electron chi connectivity index (χ4n) is 4.38. The van der Waals surface area contributed by atoms with Crippen molar-refractivity contribution in [2.75, 3.05) is 52.5 Å². The van der Waals surface area contributed by atoms with Gasteiger partial charge in [-0.2, -0.15) is 0 Å². The standard InChI is InChI=1S/C26H25NO6/c1-29-20-7-8-21(30-2)25-24(20)23(31-3)14-18-19(28)15-22(33-26(18)25)16-5-4-6-17(13-16)27-9-11-32-12-10-27/h4-8,13-15H,9-12H2,1-3H3. The summed E-state index contributed by atoms with van der Waals surface area (Å²) in [5.74, 6) is 2.17. The fourth-order valence-corrected chi connectivity index (χ4v) is 4.38. The van der Waals surface area contributed by atoms with Gasteiger partial charge in [-0.15, -0.1) is 0 Å². The Labute approximate surface area is 191 Å². The van der Waals surface area contributed by atoms with Crippen LogP contribution in [0.2, 0.25) is 0 Å². The summed E-state index contributed by atoms with van der Waals surface area (Å²) in [6.07, 6.45) is 0. The van der Waals surface area contributed by atoms with Crippen molar-refractivity contribution in [3.63, 3.8) is 0 Å². The Morgan fingerprint density at radius 3 is 2.21 bits per heavy atom. The van der Waals surface area contributed by atoms with Gasteiger partial charge >= 0.3 is 0 Å². The van der Waals surface area contributed by atoms with Gasteiger partial charge < -0.3 is 28.3 Å². The Bertz CT molecular complexity index is 1390. The molecule has 0 radical (unpaired) electrons. The lowest BCUT2D eigenvalue weighted by molar-refractivity contribution is 0.122. The third-order valence-corrected chi connectivity index (χ3v) is 6.03. The summed E-state index contributed by atoms with van der Waals surface area (Å²) in [5, 5.41) is 1.74. The zero-order valence-electron chi connectivity index (χ0n) is 18.8. The van der Waals surface area contributed by atoms with Crippen molar-refractivity contribution < 1.29 is 23.4 Å². The highest BCUT2D eigenvalue weighted by Crippen LogP contribution is 2.44. The fraction of sp³-hybridized carbons (Fsp3) is 0.269. The number of methoxy groups -OCH3 is 3. The van der Waals surface area contributed by atoms with Crippen molar-refractivity contribution in [2.24, 2.45) is 0 Å². The van der Waals surface area contributed by atoms with E-state index in [0.717, 1.165) is 24.3 Å². The zero-order valence-corrected chi connectivity index (χ0v) is 18.8. The Balaban J connectivity index is 1.77. The molecule has 170 valence electrons. The summed E-state index contributed by atoms with van der Waals surface area (Å²) in [5.41, 5.74) is 2.16. The first-order valence-corrected chi connectivity index (χ1v) is 10.8. The van der Waals surface area contributed by atoms with Gasteiger partial charge in [0, 0.05) is 30.4 Å². The second-order valence-electron chi connectivity index (χ2n) is 7.80. The normalized spacial score (nSPS) is 14.0. The quantitative estimate of drug-likeness (QED) is 0.418. The lowest BCUT2D eigenvalue weighted by atomic mass is 10.0. The molecule has 2 heterocycles. The van der Waals surface area contributed by atoms with Crippen LogP contribution in [0.25, 0.3) is 33.1 Å². The van der Waals surface area contributed by atoms with E-state index in [2.05, 4.69) is 11.0 Å². The first-order valence-electron chi connectivity index (χ1n) is 10.8. The van der Waals surface area contributed by atoms with Crippen LogP contribution >= 0.6 is 0 Å². The maximum Gasteiger partial charge on any atom is 0.193 e. The summed E-state index contributed by atoms with van der Waals surface area (Å²) in [7, 11) is 4.74. The van der Waals surface area contributed by atoms with Crippen molar-refractivity contribution in [1.82, 2.24) is 0 Å². The van der Waals surface area contributed by atoms with E-state index in [9.17, 15) is 4.79 Å². The van der Waals surface area contributed by atoms with Crippen LogP contribution in [-0.2, 0) is 4.74 Å². The molecule has 4 aromatic rings. The Hall–Kier alpha value is -3.71. The van der Waals surface area contributed by atoms with E-state index in [0.29, 0.717) is 58.0 Å². The smallest absolute Gasteiger partial charge is 0.193 e.